The van der Waals surface area contributed by atoms with Crippen LogP contribution in [0.3, 0.4) is 0 Å². The van der Waals surface area contributed by atoms with E-state index in [-0.39, 0.29) is 11.7 Å². The number of aromatic hydroxyl groups is 1. The minimum atomic E-state index is -0.0983. The SMILES string of the molecule is CN=C1S/C(=C\c2ccccc2O)C(=O)N1C. The Balaban J connectivity index is 2.37. The lowest BCUT2D eigenvalue weighted by Gasteiger charge is -2.05. The summed E-state index contributed by atoms with van der Waals surface area (Å²) in [7, 11) is 3.33. The largest absolute Gasteiger partial charge is 0.507 e. The molecule has 5 heteroatoms. The van der Waals surface area contributed by atoms with Crippen LogP contribution in [0.1, 0.15) is 5.56 Å². The molecule has 0 radical (unpaired) electrons. The maximum Gasteiger partial charge on any atom is 0.266 e. The number of hydrogen-bond donors (Lipinski definition) is 1. The molecule has 0 spiro atoms. The van der Waals surface area contributed by atoms with E-state index in [9.17, 15) is 9.90 Å². The molecular weight excluding hydrogens is 236 g/mol. The topological polar surface area (TPSA) is 52.9 Å². The predicted molar refractivity (Wildman–Crippen MR) is 69.8 cm³/mol. The molecule has 0 aromatic heterocycles. The third kappa shape index (κ3) is 2.19. The van der Waals surface area contributed by atoms with Gasteiger partial charge in [0.05, 0.1) is 4.91 Å². The molecule has 4 nitrogen and oxygen atoms in total. The Labute approximate surface area is 104 Å². The number of aliphatic imine (C=N–C) groups is 1. The molecule has 1 aliphatic heterocycles. The molecule has 1 fully saturated rings. The number of phenols is 1. The summed E-state index contributed by atoms with van der Waals surface area (Å²) >= 11 is 1.31. The van der Waals surface area contributed by atoms with Crippen molar-refractivity contribution in [2.75, 3.05) is 14.1 Å². The zero-order valence-electron chi connectivity index (χ0n) is 9.54. The summed E-state index contributed by atoms with van der Waals surface area (Å²) in [5.74, 6) is 0.0665. The van der Waals surface area contributed by atoms with E-state index < -0.39 is 0 Å². The number of hydrogen-bond acceptors (Lipinski definition) is 4. The van der Waals surface area contributed by atoms with Crippen molar-refractivity contribution in [2.24, 2.45) is 4.99 Å². The number of para-hydroxylation sites is 1. The molecule has 0 unspecified atom stereocenters. The van der Waals surface area contributed by atoms with Crippen LogP contribution in [-0.2, 0) is 4.79 Å². The van der Waals surface area contributed by atoms with Crippen LogP contribution in [0.25, 0.3) is 6.08 Å². The summed E-state index contributed by atoms with van der Waals surface area (Å²) in [6.45, 7) is 0. The zero-order valence-corrected chi connectivity index (χ0v) is 10.4. The van der Waals surface area contributed by atoms with Gasteiger partial charge in [0.2, 0.25) is 0 Å². The first-order valence-electron chi connectivity index (χ1n) is 5.06. The predicted octanol–water partition coefficient (Wildman–Crippen LogP) is 1.92. The molecule has 1 heterocycles. The second-order valence-corrected chi connectivity index (χ2v) is 4.55. The molecule has 88 valence electrons. The summed E-state index contributed by atoms with van der Waals surface area (Å²) in [4.78, 5) is 17.9. The first-order chi connectivity index (χ1) is 8.13. The number of rotatable bonds is 1. The summed E-state index contributed by atoms with van der Waals surface area (Å²) < 4.78 is 0. The number of carbonyl (C=O) groups is 1. The van der Waals surface area contributed by atoms with Crippen LogP contribution in [0.2, 0.25) is 0 Å². The molecule has 17 heavy (non-hydrogen) atoms. The lowest BCUT2D eigenvalue weighted by atomic mass is 10.2. The smallest absolute Gasteiger partial charge is 0.266 e. The van der Waals surface area contributed by atoms with Crippen molar-refractivity contribution in [3.8, 4) is 5.75 Å². The summed E-state index contributed by atoms with van der Waals surface area (Å²) in [5.41, 5.74) is 0.633. The fourth-order valence-corrected chi connectivity index (χ4v) is 2.42. The van der Waals surface area contributed by atoms with Gasteiger partial charge in [-0.1, -0.05) is 18.2 Å². The van der Waals surface area contributed by atoms with Crippen molar-refractivity contribution in [3.63, 3.8) is 0 Å². The van der Waals surface area contributed by atoms with Crippen LogP contribution < -0.4 is 0 Å². The van der Waals surface area contributed by atoms with Crippen molar-refractivity contribution in [2.45, 2.75) is 0 Å². The summed E-state index contributed by atoms with van der Waals surface area (Å²) in [6.07, 6.45) is 1.68. The number of nitrogens with zero attached hydrogens (tertiary/aromatic N) is 2. The highest BCUT2D eigenvalue weighted by atomic mass is 32.2. The number of benzene rings is 1. The van der Waals surface area contributed by atoms with E-state index in [0.717, 1.165) is 0 Å². The van der Waals surface area contributed by atoms with Gasteiger partial charge in [0.1, 0.15) is 5.75 Å². The molecule has 0 aliphatic carbocycles. The van der Waals surface area contributed by atoms with Gasteiger partial charge in [0.25, 0.3) is 5.91 Å². The van der Waals surface area contributed by atoms with Crippen LogP contribution in [0, 0.1) is 0 Å². The highest BCUT2D eigenvalue weighted by Gasteiger charge is 2.29. The Morgan fingerprint density at radius 2 is 2.12 bits per heavy atom. The van der Waals surface area contributed by atoms with Crippen LogP contribution >= 0.6 is 11.8 Å². The first kappa shape index (κ1) is 11.7. The monoisotopic (exact) mass is 248 g/mol. The highest BCUT2D eigenvalue weighted by molar-refractivity contribution is 8.18. The maximum atomic E-state index is 11.9. The number of phenolic OH excluding ortho intramolecular Hbond substituents is 1. The Morgan fingerprint density at radius 1 is 1.41 bits per heavy atom. The van der Waals surface area contributed by atoms with E-state index in [1.165, 1.54) is 16.7 Å². The van der Waals surface area contributed by atoms with Crippen molar-refractivity contribution in [1.29, 1.82) is 0 Å². The minimum absolute atomic E-state index is 0.0983. The van der Waals surface area contributed by atoms with Gasteiger partial charge in [0, 0.05) is 19.7 Å². The first-order valence-corrected chi connectivity index (χ1v) is 5.87. The van der Waals surface area contributed by atoms with Crippen LogP contribution in [-0.4, -0.2) is 35.2 Å². The normalized spacial score (nSPS) is 20.6. The molecule has 1 aromatic rings. The molecule has 1 aliphatic rings. The number of carbonyl (C=O) groups excluding carboxylic acids is 1. The van der Waals surface area contributed by atoms with Crippen LogP contribution in [0.4, 0.5) is 0 Å². The average molecular weight is 248 g/mol. The van der Waals surface area contributed by atoms with Crippen LogP contribution in [0.15, 0.2) is 34.2 Å². The molecule has 0 atom stereocenters. The molecule has 1 amide bonds. The van der Waals surface area contributed by atoms with Gasteiger partial charge >= 0.3 is 0 Å². The van der Waals surface area contributed by atoms with Gasteiger partial charge in [-0.05, 0) is 23.9 Å². The van der Waals surface area contributed by atoms with E-state index in [4.69, 9.17) is 0 Å². The Kier molecular flexibility index (Phi) is 3.19. The van der Waals surface area contributed by atoms with E-state index in [0.29, 0.717) is 15.6 Å². The minimum Gasteiger partial charge on any atom is -0.507 e. The number of likely N-dealkylation sites (N-methyl/N-ethyl adjacent to an activating group) is 1. The number of amides is 1. The lowest BCUT2D eigenvalue weighted by molar-refractivity contribution is -0.121. The quantitative estimate of drug-likeness (QED) is 0.772. The fraction of sp³-hybridized carbons (Fsp3) is 0.167. The number of amidine groups is 1. The van der Waals surface area contributed by atoms with E-state index >= 15 is 0 Å². The van der Waals surface area contributed by atoms with E-state index in [2.05, 4.69) is 4.99 Å². The Morgan fingerprint density at radius 3 is 2.71 bits per heavy atom. The fourth-order valence-electron chi connectivity index (χ4n) is 1.50. The molecule has 1 saturated heterocycles. The van der Waals surface area contributed by atoms with Crippen LogP contribution in [0.5, 0.6) is 5.75 Å². The standard InChI is InChI=1S/C12H12N2O2S/c1-13-12-14(2)11(16)10(17-12)7-8-5-3-4-6-9(8)15/h3-7,15H,1-2H3/b10-7-,13-12?. The third-order valence-corrected chi connectivity index (χ3v) is 3.57. The van der Waals surface area contributed by atoms with Gasteiger partial charge in [-0.2, -0.15) is 0 Å². The zero-order chi connectivity index (χ0) is 12.4. The summed E-state index contributed by atoms with van der Waals surface area (Å²) in [6, 6.07) is 6.91. The van der Waals surface area contributed by atoms with E-state index in [1.807, 2.05) is 6.07 Å². The molecule has 1 aromatic carbocycles. The average Bonchev–Trinajstić information content (AvgIpc) is 2.60. The van der Waals surface area contributed by atoms with Gasteiger partial charge in [0.15, 0.2) is 5.17 Å². The van der Waals surface area contributed by atoms with E-state index in [1.54, 1.807) is 38.4 Å². The Bertz CT molecular complexity index is 523. The highest BCUT2D eigenvalue weighted by Crippen LogP contribution is 2.32. The van der Waals surface area contributed by atoms with Gasteiger partial charge in [-0.15, -0.1) is 0 Å². The molecule has 2 rings (SSSR count). The molecule has 1 N–H and O–H groups in total. The summed E-state index contributed by atoms with van der Waals surface area (Å²) in [5, 5.41) is 10.3. The maximum absolute atomic E-state index is 11.9. The van der Waals surface area contributed by atoms with Gasteiger partial charge in [-0.3, -0.25) is 14.7 Å². The van der Waals surface area contributed by atoms with Gasteiger partial charge < -0.3 is 5.11 Å². The second-order valence-electron chi connectivity index (χ2n) is 3.54. The van der Waals surface area contributed by atoms with Gasteiger partial charge in [-0.25, -0.2) is 0 Å². The second kappa shape index (κ2) is 4.63. The molecule has 0 bridgehead atoms. The number of thioether (sulfide) groups is 1. The Hall–Kier alpha value is -1.75. The van der Waals surface area contributed by atoms with Crippen molar-refractivity contribution < 1.29 is 9.90 Å². The molecular formula is C12H12N2O2S. The lowest BCUT2D eigenvalue weighted by Crippen LogP contribution is -2.23. The third-order valence-electron chi connectivity index (χ3n) is 2.42. The van der Waals surface area contributed by atoms with Crippen molar-refractivity contribution in [3.05, 3.63) is 34.7 Å². The molecule has 0 saturated carbocycles. The van der Waals surface area contributed by atoms with Crippen molar-refractivity contribution >= 4 is 28.9 Å². The van der Waals surface area contributed by atoms with Crippen molar-refractivity contribution in [1.82, 2.24) is 4.90 Å².